The smallest absolute Gasteiger partial charge is 0.320 e. The first-order valence-electron chi connectivity index (χ1n) is 6.17. The summed E-state index contributed by atoms with van der Waals surface area (Å²) in [4.78, 5) is 21.4. The van der Waals surface area contributed by atoms with Gasteiger partial charge in [0.1, 0.15) is 6.04 Å². The molecule has 0 saturated carbocycles. The molecular formula is C12H18N4O2. The van der Waals surface area contributed by atoms with Crippen LogP contribution in [-0.2, 0) is 4.79 Å². The van der Waals surface area contributed by atoms with Crippen LogP contribution in [0.2, 0.25) is 0 Å². The number of hydrogen-bond acceptors (Lipinski definition) is 5. The molecule has 6 nitrogen and oxygen atoms in total. The first kappa shape index (κ1) is 12.8. The van der Waals surface area contributed by atoms with Crippen molar-refractivity contribution in [2.24, 2.45) is 0 Å². The molecule has 1 aromatic heterocycles. The number of carbonyl (C=O) groups is 1. The average Bonchev–Trinajstić information content (AvgIpc) is 2.40. The Bertz CT molecular complexity index is 398. The Hall–Kier alpha value is -1.69. The van der Waals surface area contributed by atoms with Crippen LogP contribution >= 0.6 is 0 Å². The van der Waals surface area contributed by atoms with Crippen LogP contribution in [0.4, 0.5) is 5.95 Å². The highest BCUT2D eigenvalue weighted by atomic mass is 16.4. The van der Waals surface area contributed by atoms with Crippen LogP contribution in [-0.4, -0.2) is 46.2 Å². The van der Waals surface area contributed by atoms with Gasteiger partial charge in [0.25, 0.3) is 0 Å². The fourth-order valence-corrected chi connectivity index (χ4v) is 2.17. The zero-order valence-corrected chi connectivity index (χ0v) is 10.4. The average molecular weight is 250 g/mol. The Morgan fingerprint density at radius 3 is 2.94 bits per heavy atom. The van der Waals surface area contributed by atoms with Gasteiger partial charge in [0.05, 0.1) is 0 Å². The molecule has 98 valence electrons. The number of anilines is 1. The van der Waals surface area contributed by atoms with E-state index in [9.17, 15) is 4.79 Å². The second-order valence-corrected chi connectivity index (χ2v) is 4.56. The van der Waals surface area contributed by atoms with E-state index in [1.54, 1.807) is 25.4 Å². The molecule has 1 aromatic rings. The predicted octanol–water partition coefficient (Wildman–Crippen LogP) is 0.508. The van der Waals surface area contributed by atoms with Crippen molar-refractivity contribution in [2.45, 2.75) is 31.8 Å². The van der Waals surface area contributed by atoms with Crippen LogP contribution in [0.1, 0.15) is 19.8 Å². The summed E-state index contributed by atoms with van der Waals surface area (Å²) in [7, 11) is 0. The van der Waals surface area contributed by atoms with Gasteiger partial charge in [-0.05, 0) is 25.8 Å². The summed E-state index contributed by atoms with van der Waals surface area (Å²) in [6.07, 6.45) is 5.45. The largest absolute Gasteiger partial charge is 0.480 e. The summed E-state index contributed by atoms with van der Waals surface area (Å²) in [6, 6.07) is 1.44. The van der Waals surface area contributed by atoms with E-state index in [-0.39, 0.29) is 6.04 Å². The molecule has 18 heavy (non-hydrogen) atoms. The van der Waals surface area contributed by atoms with E-state index in [1.165, 1.54) is 0 Å². The highest BCUT2D eigenvalue weighted by molar-refractivity contribution is 5.72. The molecule has 1 aliphatic rings. The number of rotatable bonds is 4. The number of aromatic nitrogens is 2. The maximum absolute atomic E-state index is 10.8. The first-order valence-corrected chi connectivity index (χ1v) is 6.17. The summed E-state index contributed by atoms with van der Waals surface area (Å²) in [6.45, 7) is 3.34. The van der Waals surface area contributed by atoms with Crippen molar-refractivity contribution in [3.05, 3.63) is 18.5 Å². The number of piperidine rings is 1. The Morgan fingerprint density at radius 1 is 1.56 bits per heavy atom. The van der Waals surface area contributed by atoms with Crippen LogP contribution in [0.5, 0.6) is 0 Å². The molecule has 2 N–H and O–H groups in total. The fourth-order valence-electron chi connectivity index (χ4n) is 2.17. The Kier molecular flexibility index (Phi) is 4.09. The van der Waals surface area contributed by atoms with E-state index in [4.69, 9.17) is 5.11 Å². The lowest BCUT2D eigenvalue weighted by Crippen LogP contribution is -2.50. The van der Waals surface area contributed by atoms with E-state index < -0.39 is 12.0 Å². The summed E-state index contributed by atoms with van der Waals surface area (Å²) in [5.74, 6) is -0.102. The molecule has 2 heterocycles. The Morgan fingerprint density at radius 2 is 2.28 bits per heavy atom. The van der Waals surface area contributed by atoms with Gasteiger partial charge in [0.2, 0.25) is 5.95 Å². The van der Waals surface area contributed by atoms with Crippen LogP contribution in [0.3, 0.4) is 0 Å². The third-order valence-corrected chi connectivity index (χ3v) is 3.11. The highest BCUT2D eigenvalue weighted by Crippen LogP contribution is 2.15. The maximum atomic E-state index is 10.8. The number of carboxylic acids is 1. The van der Waals surface area contributed by atoms with Gasteiger partial charge in [-0.2, -0.15) is 0 Å². The molecule has 6 heteroatoms. The monoisotopic (exact) mass is 250 g/mol. The summed E-state index contributed by atoms with van der Waals surface area (Å²) in [5, 5.41) is 12.0. The van der Waals surface area contributed by atoms with Crippen molar-refractivity contribution in [3.8, 4) is 0 Å². The second kappa shape index (κ2) is 5.77. The molecule has 0 spiro atoms. The zero-order valence-electron chi connectivity index (χ0n) is 10.4. The lowest BCUT2D eigenvalue weighted by molar-refractivity contribution is -0.139. The van der Waals surface area contributed by atoms with Crippen molar-refractivity contribution in [1.29, 1.82) is 0 Å². The molecule has 0 amide bonds. The van der Waals surface area contributed by atoms with E-state index >= 15 is 0 Å². The zero-order chi connectivity index (χ0) is 13.0. The van der Waals surface area contributed by atoms with Gasteiger partial charge in [-0.1, -0.05) is 0 Å². The van der Waals surface area contributed by atoms with Gasteiger partial charge < -0.3 is 15.3 Å². The molecular weight excluding hydrogens is 232 g/mol. The van der Waals surface area contributed by atoms with Gasteiger partial charge in [0, 0.05) is 31.5 Å². The van der Waals surface area contributed by atoms with Crippen molar-refractivity contribution in [3.63, 3.8) is 0 Å². The number of nitrogens with zero attached hydrogens (tertiary/aromatic N) is 3. The van der Waals surface area contributed by atoms with Crippen molar-refractivity contribution in [2.75, 3.05) is 18.0 Å². The quantitative estimate of drug-likeness (QED) is 0.810. The number of aliphatic carboxylic acids is 1. The fraction of sp³-hybridized carbons (Fsp3) is 0.583. The molecule has 1 saturated heterocycles. The van der Waals surface area contributed by atoms with Gasteiger partial charge in [-0.15, -0.1) is 0 Å². The standard InChI is InChI=1S/C12H18N4O2/c1-9(11(17)18)15-10-4-2-7-16(8-10)12-13-5-3-6-14-12/h3,5-6,9-10,15H,2,4,7-8H2,1H3,(H,17,18). The minimum Gasteiger partial charge on any atom is -0.480 e. The minimum atomic E-state index is -0.817. The molecule has 0 aromatic carbocycles. The number of nitrogens with one attached hydrogen (secondary N) is 1. The van der Waals surface area contributed by atoms with Crippen molar-refractivity contribution in [1.82, 2.24) is 15.3 Å². The number of carboxylic acid groups (broad SMARTS) is 1. The highest BCUT2D eigenvalue weighted by Gasteiger charge is 2.24. The molecule has 2 unspecified atom stereocenters. The van der Waals surface area contributed by atoms with Gasteiger partial charge in [-0.25, -0.2) is 9.97 Å². The second-order valence-electron chi connectivity index (χ2n) is 4.56. The van der Waals surface area contributed by atoms with Crippen LogP contribution in [0.25, 0.3) is 0 Å². The van der Waals surface area contributed by atoms with Crippen LogP contribution < -0.4 is 10.2 Å². The van der Waals surface area contributed by atoms with Crippen LogP contribution in [0.15, 0.2) is 18.5 Å². The summed E-state index contributed by atoms with van der Waals surface area (Å²) in [5.41, 5.74) is 0. The molecule has 1 aliphatic heterocycles. The molecule has 0 radical (unpaired) electrons. The van der Waals surface area contributed by atoms with E-state index in [0.717, 1.165) is 25.9 Å². The Balaban J connectivity index is 1.95. The van der Waals surface area contributed by atoms with Crippen molar-refractivity contribution < 1.29 is 9.90 Å². The van der Waals surface area contributed by atoms with Gasteiger partial charge in [-0.3, -0.25) is 4.79 Å². The predicted molar refractivity (Wildman–Crippen MR) is 67.5 cm³/mol. The van der Waals surface area contributed by atoms with Crippen molar-refractivity contribution >= 4 is 11.9 Å². The minimum absolute atomic E-state index is 0.175. The molecule has 2 atom stereocenters. The van der Waals surface area contributed by atoms with E-state index in [2.05, 4.69) is 20.2 Å². The first-order chi connectivity index (χ1) is 8.66. The van der Waals surface area contributed by atoms with E-state index in [1.807, 2.05) is 0 Å². The maximum Gasteiger partial charge on any atom is 0.320 e. The third-order valence-electron chi connectivity index (χ3n) is 3.11. The third kappa shape index (κ3) is 3.16. The Labute approximate surface area is 106 Å². The van der Waals surface area contributed by atoms with Gasteiger partial charge in [0.15, 0.2) is 0 Å². The van der Waals surface area contributed by atoms with E-state index in [0.29, 0.717) is 5.95 Å². The topological polar surface area (TPSA) is 78.3 Å². The molecule has 2 rings (SSSR count). The summed E-state index contributed by atoms with van der Waals surface area (Å²) >= 11 is 0. The molecule has 0 bridgehead atoms. The number of hydrogen-bond donors (Lipinski definition) is 2. The molecule has 0 aliphatic carbocycles. The SMILES string of the molecule is CC(NC1CCCN(c2ncccn2)C1)C(=O)O. The lowest BCUT2D eigenvalue weighted by atomic mass is 10.1. The molecule has 1 fully saturated rings. The normalized spacial score (nSPS) is 21.6. The van der Waals surface area contributed by atoms with Crippen LogP contribution in [0, 0.1) is 0 Å². The summed E-state index contributed by atoms with van der Waals surface area (Å²) < 4.78 is 0. The lowest BCUT2D eigenvalue weighted by Gasteiger charge is -2.34. The van der Waals surface area contributed by atoms with Gasteiger partial charge >= 0.3 is 5.97 Å².